The molecule has 0 saturated carbocycles. The molecule has 0 radical (unpaired) electrons. The van der Waals surface area contributed by atoms with E-state index in [9.17, 15) is 9.59 Å². The number of carbonyl (C=O) groups excluding carboxylic acids is 2. The van der Waals surface area contributed by atoms with Gasteiger partial charge in [0.05, 0.1) is 13.7 Å². The van der Waals surface area contributed by atoms with E-state index in [2.05, 4.69) is 5.32 Å². The molecule has 26 heavy (non-hydrogen) atoms. The number of likely N-dealkylation sites (N-methyl/N-ethyl adjacent to an activating group) is 1. The maximum absolute atomic E-state index is 12.9. The van der Waals surface area contributed by atoms with E-state index in [1.807, 2.05) is 37.3 Å². The van der Waals surface area contributed by atoms with Crippen LogP contribution >= 0.6 is 0 Å². The number of hydrogen-bond donors (Lipinski definition) is 2. The van der Waals surface area contributed by atoms with Crippen LogP contribution in [-0.4, -0.2) is 36.9 Å². The number of amides is 2. The fourth-order valence-corrected chi connectivity index (χ4v) is 2.64. The van der Waals surface area contributed by atoms with Crippen molar-refractivity contribution in [1.82, 2.24) is 4.90 Å². The van der Waals surface area contributed by atoms with E-state index in [1.165, 1.54) is 4.90 Å². The lowest BCUT2D eigenvalue weighted by Gasteiger charge is -2.31. The molecule has 0 spiro atoms. The highest BCUT2D eigenvalue weighted by atomic mass is 16.5. The van der Waals surface area contributed by atoms with Crippen LogP contribution in [0.25, 0.3) is 0 Å². The molecule has 138 valence electrons. The van der Waals surface area contributed by atoms with Gasteiger partial charge in [-0.05, 0) is 31.5 Å². The van der Waals surface area contributed by atoms with E-state index < -0.39 is 5.54 Å². The topological polar surface area (TPSA) is 84.7 Å². The third kappa shape index (κ3) is 4.61. The molecule has 6 nitrogen and oxygen atoms in total. The van der Waals surface area contributed by atoms with E-state index in [0.29, 0.717) is 23.5 Å². The van der Waals surface area contributed by atoms with Crippen molar-refractivity contribution in [2.24, 2.45) is 5.73 Å². The number of rotatable bonds is 7. The smallest absolute Gasteiger partial charge is 0.247 e. The summed E-state index contributed by atoms with van der Waals surface area (Å²) in [7, 11) is 1.56. The molecule has 0 aliphatic rings. The van der Waals surface area contributed by atoms with Gasteiger partial charge in [0.2, 0.25) is 11.8 Å². The third-order valence-corrected chi connectivity index (χ3v) is 4.17. The maximum Gasteiger partial charge on any atom is 0.247 e. The van der Waals surface area contributed by atoms with Gasteiger partial charge in [-0.1, -0.05) is 36.4 Å². The van der Waals surface area contributed by atoms with Gasteiger partial charge in [0.25, 0.3) is 0 Å². The van der Waals surface area contributed by atoms with Crippen LogP contribution in [0.4, 0.5) is 5.69 Å². The lowest BCUT2D eigenvalue weighted by atomic mass is 9.91. The van der Waals surface area contributed by atoms with Crippen molar-refractivity contribution in [2.45, 2.75) is 19.4 Å². The van der Waals surface area contributed by atoms with Gasteiger partial charge in [0.15, 0.2) is 0 Å². The predicted molar refractivity (Wildman–Crippen MR) is 102 cm³/mol. The third-order valence-electron chi connectivity index (χ3n) is 4.17. The molecule has 2 aromatic rings. The summed E-state index contributed by atoms with van der Waals surface area (Å²) < 4.78 is 5.14. The second-order valence-corrected chi connectivity index (χ2v) is 6.17. The number of nitrogens with one attached hydrogen (secondary N) is 1. The van der Waals surface area contributed by atoms with Gasteiger partial charge in [0.1, 0.15) is 11.3 Å². The number of carbonyl (C=O) groups is 2. The van der Waals surface area contributed by atoms with Crippen molar-refractivity contribution < 1.29 is 14.3 Å². The molecular weight excluding hydrogens is 330 g/mol. The van der Waals surface area contributed by atoms with E-state index in [1.54, 1.807) is 38.3 Å². The van der Waals surface area contributed by atoms with Crippen LogP contribution in [0.15, 0.2) is 54.6 Å². The maximum atomic E-state index is 12.9. The summed E-state index contributed by atoms with van der Waals surface area (Å²) in [5.41, 5.74) is 6.40. The first-order valence-corrected chi connectivity index (χ1v) is 8.46. The zero-order valence-corrected chi connectivity index (χ0v) is 15.4. The highest BCUT2D eigenvalue weighted by Crippen LogP contribution is 2.21. The number of hydrogen-bond acceptors (Lipinski definition) is 4. The van der Waals surface area contributed by atoms with E-state index >= 15 is 0 Å². The molecule has 0 aliphatic carbocycles. The summed E-state index contributed by atoms with van der Waals surface area (Å²) in [6, 6.07) is 16.2. The standard InChI is InChI=1S/C20H25N3O3/c1-4-23(19(25)20(2,21)15-9-6-5-7-10-15)14-18(24)22-16-11-8-12-17(13-16)26-3/h5-13H,4,14,21H2,1-3H3,(H,22,24). The van der Waals surface area contributed by atoms with Crippen LogP contribution < -0.4 is 15.8 Å². The minimum atomic E-state index is -1.20. The highest BCUT2D eigenvalue weighted by Gasteiger charge is 2.34. The average Bonchev–Trinajstić information content (AvgIpc) is 2.66. The Morgan fingerprint density at radius 3 is 2.46 bits per heavy atom. The lowest BCUT2D eigenvalue weighted by Crippen LogP contribution is -2.52. The van der Waals surface area contributed by atoms with E-state index in [4.69, 9.17) is 10.5 Å². The number of anilines is 1. The summed E-state index contributed by atoms with van der Waals surface area (Å²) in [4.78, 5) is 26.7. The number of ether oxygens (including phenoxy) is 1. The zero-order valence-electron chi connectivity index (χ0n) is 15.4. The van der Waals surface area contributed by atoms with E-state index in [0.717, 1.165) is 0 Å². The monoisotopic (exact) mass is 355 g/mol. The average molecular weight is 355 g/mol. The summed E-state index contributed by atoms with van der Waals surface area (Å²) in [5.74, 6) is 0.0501. The van der Waals surface area contributed by atoms with Crippen molar-refractivity contribution in [3.63, 3.8) is 0 Å². The van der Waals surface area contributed by atoms with Gasteiger partial charge in [0, 0.05) is 18.3 Å². The predicted octanol–water partition coefficient (Wildman–Crippen LogP) is 2.36. The molecule has 0 heterocycles. The molecule has 1 atom stereocenters. The Morgan fingerprint density at radius 2 is 1.85 bits per heavy atom. The molecule has 6 heteroatoms. The van der Waals surface area contributed by atoms with Gasteiger partial charge >= 0.3 is 0 Å². The minimum Gasteiger partial charge on any atom is -0.497 e. The molecule has 2 rings (SSSR count). The van der Waals surface area contributed by atoms with Crippen LogP contribution in [-0.2, 0) is 15.1 Å². The SMILES string of the molecule is CCN(CC(=O)Nc1cccc(OC)c1)C(=O)C(C)(N)c1ccccc1. The Labute approximate surface area is 153 Å². The molecule has 0 aliphatic heterocycles. The van der Waals surface area contributed by atoms with Crippen molar-refractivity contribution in [1.29, 1.82) is 0 Å². The second kappa shape index (κ2) is 8.49. The Hall–Kier alpha value is -2.86. The number of nitrogens with two attached hydrogens (primary N) is 1. The molecule has 0 fully saturated rings. The van der Waals surface area contributed by atoms with Gasteiger partial charge in [-0.3, -0.25) is 9.59 Å². The highest BCUT2D eigenvalue weighted by molar-refractivity contribution is 5.96. The Balaban J connectivity index is 2.07. The first-order valence-electron chi connectivity index (χ1n) is 8.46. The fourth-order valence-electron chi connectivity index (χ4n) is 2.64. The summed E-state index contributed by atoms with van der Waals surface area (Å²) in [5, 5.41) is 2.77. The molecule has 0 bridgehead atoms. The molecule has 2 amide bonds. The van der Waals surface area contributed by atoms with Gasteiger partial charge in [-0.25, -0.2) is 0 Å². The quantitative estimate of drug-likeness (QED) is 0.798. The van der Waals surface area contributed by atoms with Crippen LogP contribution in [0.2, 0.25) is 0 Å². The van der Waals surface area contributed by atoms with Crippen LogP contribution in [0.1, 0.15) is 19.4 Å². The second-order valence-electron chi connectivity index (χ2n) is 6.17. The molecule has 0 aromatic heterocycles. The largest absolute Gasteiger partial charge is 0.497 e. The fraction of sp³-hybridized carbons (Fsp3) is 0.300. The summed E-state index contributed by atoms with van der Waals surface area (Å²) in [6.07, 6.45) is 0. The normalized spacial score (nSPS) is 12.8. The van der Waals surface area contributed by atoms with Gasteiger partial charge < -0.3 is 20.7 Å². The molecule has 2 aromatic carbocycles. The lowest BCUT2D eigenvalue weighted by molar-refractivity contribution is -0.139. The van der Waals surface area contributed by atoms with Crippen molar-refractivity contribution in [3.05, 3.63) is 60.2 Å². The first kappa shape index (κ1) is 19.5. The van der Waals surface area contributed by atoms with Crippen LogP contribution in [0, 0.1) is 0 Å². The Morgan fingerprint density at radius 1 is 1.15 bits per heavy atom. The van der Waals surface area contributed by atoms with Gasteiger partial charge in [-0.15, -0.1) is 0 Å². The first-order chi connectivity index (χ1) is 12.4. The van der Waals surface area contributed by atoms with Crippen LogP contribution in [0.5, 0.6) is 5.75 Å². The number of nitrogens with zero attached hydrogens (tertiary/aromatic N) is 1. The van der Waals surface area contributed by atoms with Crippen LogP contribution in [0.3, 0.4) is 0 Å². The minimum absolute atomic E-state index is 0.0772. The number of benzene rings is 2. The molecule has 1 unspecified atom stereocenters. The van der Waals surface area contributed by atoms with E-state index in [-0.39, 0.29) is 18.4 Å². The zero-order chi connectivity index (χ0) is 19.2. The van der Waals surface area contributed by atoms with Gasteiger partial charge in [-0.2, -0.15) is 0 Å². The summed E-state index contributed by atoms with van der Waals surface area (Å²) >= 11 is 0. The van der Waals surface area contributed by atoms with Crippen molar-refractivity contribution >= 4 is 17.5 Å². The molecule has 3 N–H and O–H groups in total. The molecule has 0 saturated heterocycles. The molecular formula is C20H25N3O3. The Kier molecular flexibility index (Phi) is 6.36. The number of methoxy groups -OCH3 is 1. The van der Waals surface area contributed by atoms with Crippen molar-refractivity contribution in [2.75, 3.05) is 25.5 Å². The van der Waals surface area contributed by atoms with Crippen molar-refractivity contribution in [3.8, 4) is 5.75 Å². The summed E-state index contributed by atoms with van der Waals surface area (Å²) in [6.45, 7) is 3.78. The Bertz CT molecular complexity index is 760.